The van der Waals surface area contributed by atoms with Crippen LogP contribution in [0.15, 0.2) is 6.20 Å². The van der Waals surface area contributed by atoms with Gasteiger partial charge in [-0.2, -0.15) is 5.10 Å². The molecule has 0 unspecified atom stereocenters. The van der Waals surface area contributed by atoms with E-state index in [1.807, 2.05) is 6.20 Å². The van der Waals surface area contributed by atoms with Gasteiger partial charge in [0.05, 0.1) is 6.20 Å². The van der Waals surface area contributed by atoms with Gasteiger partial charge < -0.3 is 0 Å². The lowest BCUT2D eigenvalue weighted by Gasteiger charge is -2.23. The van der Waals surface area contributed by atoms with E-state index in [2.05, 4.69) is 16.7 Å². The van der Waals surface area contributed by atoms with Crippen molar-refractivity contribution in [2.24, 2.45) is 5.41 Å². The molecule has 0 atom stereocenters. The van der Waals surface area contributed by atoms with Crippen molar-refractivity contribution in [3.05, 3.63) is 17.5 Å². The predicted molar refractivity (Wildman–Crippen MR) is 47.0 cm³/mol. The lowest BCUT2D eigenvalue weighted by atomic mass is 9.94. The van der Waals surface area contributed by atoms with E-state index in [-0.39, 0.29) is 0 Å². The molecule has 0 N–H and O–H groups in total. The normalized spacial score (nSPS) is 24.1. The predicted octanol–water partition coefficient (Wildman–Crippen LogP) is 1.92. The highest BCUT2D eigenvalue weighted by Gasteiger charge is 2.45. The minimum absolute atomic E-state index is 0.686. The molecule has 1 aliphatic carbocycles. The summed E-state index contributed by atoms with van der Waals surface area (Å²) < 4.78 is 2.23. The molecule has 2 nitrogen and oxygen atoms in total. The average Bonchev–Trinajstić information content (AvgIpc) is 2.71. The van der Waals surface area contributed by atoms with Crippen LogP contribution in [0.3, 0.4) is 0 Å². The zero-order chi connectivity index (χ0) is 8.18. The topological polar surface area (TPSA) is 17.8 Å². The second-order valence-corrected chi connectivity index (χ2v) is 4.43. The van der Waals surface area contributed by atoms with Crippen LogP contribution in [0.4, 0.5) is 0 Å². The Labute approximate surface area is 72.6 Å². The summed E-state index contributed by atoms with van der Waals surface area (Å²) in [4.78, 5) is 0. The van der Waals surface area contributed by atoms with Crippen LogP contribution in [0.5, 0.6) is 0 Å². The first-order chi connectivity index (χ1) is 5.79. The molecule has 0 saturated heterocycles. The van der Waals surface area contributed by atoms with Crippen LogP contribution < -0.4 is 0 Å². The van der Waals surface area contributed by atoms with Gasteiger partial charge in [0.15, 0.2) is 0 Å². The van der Waals surface area contributed by atoms with E-state index in [4.69, 9.17) is 0 Å². The van der Waals surface area contributed by atoms with Crippen molar-refractivity contribution >= 4 is 0 Å². The standard InChI is InChI=1S/C10H14N2/c1-8-6-11-12-7-10(4-5-10)3-2-9(8)12/h6H,2-5,7H2,1H3. The number of fused-ring (bicyclic) bond motifs is 1. The smallest absolute Gasteiger partial charge is 0.0521 e. The van der Waals surface area contributed by atoms with Gasteiger partial charge in [-0.3, -0.25) is 4.68 Å². The van der Waals surface area contributed by atoms with Gasteiger partial charge >= 0.3 is 0 Å². The van der Waals surface area contributed by atoms with Crippen LogP contribution in [-0.4, -0.2) is 9.78 Å². The van der Waals surface area contributed by atoms with Gasteiger partial charge in [0.2, 0.25) is 0 Å². The van der Waals surface area contributed by atoms with Crippen LogP contribution in [0.2, 0.25) is 0 Å². The fraction of sp³-hybridized carbons (Fsp3) is 0.700. The van der Waals surface area contributed by atoms with Crippen molar-refractivity contribution < 1.29 is 0 Å². The maximum atomic E-state index is 4.41. The molecule has 2 heterocycles. The van der Waals surface area contributed by atoms with E-state index in [1.54, 1.807) is 0 Å². The summed E-state index contributed by atoms with van der Waals surface area (Å²) in [5, 5.41) is 4.41. The van der Waals surface area contributed by atoms with Crippen LogP contribution in [0.1, 0.15) is 30.5 Å². The molecule has 64 valence electrons. The van der Waals surface area contributed by atoms with Crippen molar-refractivity contribution in [3.63, 3.8) is 0 Å². The molecule has 1 aromatic heterocycles. The van der Waals surface area contributed by atoms with Crippen LogP contribution in [-0.2, 0) is 13.0 Å². The van der Waals surface area contributed by atoms with E-state index < -0.39 is 0 Å². The lowest BCUT2D eigenvalue weighted by molar-refractivity contribution is 0.324. The third-order valence-electron chi connectivity index (χ3n) is 3.49. The summed E-state index contributed by atoms with van der Waals surface area (Å²) in [5.41, 5.74) is 3.55. The van der Waals surface area contributed by atoms with Gasteiger partial charge in [0.25, 0.3) is 0 Å². The fourth-order valence-corrected chi connectivity index (χ4v) is 2.33. The van der Waals surface area contributed by atoms with Gasteiger partial charge in [-0.15, -0.1) is 0 Å². The highest BCUT2D eigenvalue weighted by atomic mass is 15.3. The first-order valence-corrected chi connectivity index (χ1v) is 4.80. The zero-order valence-corrected chi connectivity index (χ0v) is 7.51. The summed E-state index contributed by atoms with van der Waals surface area (Å²) in [6, 6.07) is 0. The van der Waals surface area contributed by atoms with Crippen molar-refractivity contribution in [2.75, 3.05) is 0 Å². The summed E-state index contributed by atoms with van der Waals surface area (Å²) in [7, 11) is 0. The van der Waals surface area contributed by atoms with Crippen LogP contribution in [0.25, 0.3) is 0 Å². The maximum absolute atomic E-state index is 4.41. The molecule has 2 aliphatic rings. The van der Waals surface area contributed by atoms with Crippen LogP contribution >= 0.6 is 0 Å². The largest absolute Gasteiger partial charge is 0.269 e. The number of rotatable bonds is 0. The van der Waals surface area contributed by atoms with E-state index in [0.29, 0.717) is 5.41 Å². The second kappa shape index (κ2) is 1.93. The first-order valence-electron chi connectivity index (χ1n) is 4.80. The number of hydrogen-bond donors (Lipinski definition) is 0. The van der Waals surface area contributed by atoms with Gasteiger partial charge in [-0.05, 0) is 43.6 Å². The molecule has 12 heavy (non-hydrogen) atoms. The Kier molecular flexibility index (Phi) is 1.07. The SMILES string of the molecule is Cc1cnn2c1CCC1(CC1)C2. The Morgan fingerprint density at radius 2 is 2.25 bits per heavy atom. The molecular weight excluding hydrogens is 148 g/mol. The number of nitrogens with zero attached hydrogens (tertiary/aromatic N) is 2. The van der Waals surface area contributed by atoms with Gasteiger partial charge in [0.1, 0.15) is 0 Å². The minimum Gasteiger partial charge on any atom is -0.269 e. The molecule has 2 heteroatoms. The van der Waals surface area contributed by atoms with E-state index >= 15 is 0 Å². The number of aromatic nitrogens is 2. The summed E-state index contributed by atoms with van der Waals surface area (Å²) in [6.07, 6.45) is 7.54. The number of hydrogen-bond acceptors (Lipinski definition) is 1. The fourth-order valence-electron chi connectivity index (χ4n) is 2.33. The van der Waals surface area contributed by atoms with E-state index in [1.165, 1.54) is 43.5 Å². The Balaban J connectivity index is 2.02. The molecule has 0 bridgehead atoms. The van der Waals surface area contributed by atoms with Gasteiger partial charge in [-0.25, -0.2) is 0 Å². The van der Waals surface area contributed by atoms with Gasteiger partial charge in [0, 0.05) is 12.2 Å². The molecule has 0 radical (unpaired) electrons. The Morgan fingerprint density at radius 1 is 1.42 bits per heavy atom. The van der Waals surface area contributed by atoms with Crippen molar-refractivity contribution in [1.29, 1.82) is 0 Å². The van der Waals surface area contributed by atoms with Crippen LogP contribution in [0, 0.1) is 12.3 Å². The van der Waals surface area contributed by atoms with E-state index in [0.717, 1.165) is 0 Å². The molecular formula is C10H14N2. The summed E-state index contributed by atoms with van der Waals surface area (Å²) in [6.45, 7) is 3.36. The quantitative estimate of drug-likeness (QED) is 0.570. The van der Waals surface area contributed by atoms with Gasteiger partial charge in [-0.1, -0.05) is 0 Å². The lowest BCUT2D eigenvalue weighted by Crippen LogP contribution is -2.22. The van der Waals surface area contributed by atoms with Crippen molar-refractivity contribution in [3.8, 4) is 0 Å². The molecule has 3 rings (SSSR count). The molecule has 1 spiro atoms. The third-order valence-corrected chi connectivity index (χ3v) is 3.49. The maximum Gasteiger partial charge on any atom is 0.0521 e. The number of aryl methyl sites for hydroxylation is 1. The van der Waals surface area contributed by atoms with E-state index in [9.17, 15) is 0 Å². The molecule has 1 aromatic rings. The second-order valence-electron chi connectivity index (χ2n) is 4.43. The van der Waals surface area contributed by atoms with Crippen molar-refractivity contribution in [2.45, 2.75) is 39.2 Å². The van der Waals surface area contributed by atoms with Crippen molar-refractivity contribution in [1.82, 2.24) is 9.78 Å². The zero-order valence-electron chi connectivity index (χ0n) is 7.51. The molecule has 1 fully saturated rings. The Hall–Kier alpha value is -0.790. The highest BCUT2D eigenvalue weighted by molar-refractivity contribution is 5.19. The highest BCUT2D eigenvalue weighted by Crippen LogP contribution is 2.52. The molecule has 0 amide bonds. The third kappa shape index (κ3) is 0.780. The minimum atomic E-state index is 0.686. The molecule has 0 aromatic carbocycles. The average molecular weight is 162 g/mol. The Morgan fingerprint density at radius 3 is 3.00 bits per heavy atom. The first kappa shape index (κ1) is 6.70. The molecule has 1 saturated carbocycles. The Bertz CT molecular complexity index is 321. The monoisotopic (exact) mass is 162 g/mol. The summed E-state index contributed by atoms with van der Waals surface area (Å²) >= 11 is 0. The summed E-state index contributed by atoms with van der Waals surface area (Å²) in [5.74, 6) is 0. The molecule has 1 aliphatic heterocycles.